The van der Waals surface area contributed by atoms with Crippen LogP contribution in [0.3, 0.4) is 0 Å². The zero-order valence-electron chi connectivity index (χ0n) is 11.3. The maximum Gasteiger partial charge on any atom is 0.409 e. The molecule has 5 nitrogen and oxygen atoms in total. The normalized spacial score (nSPS) is 15.8. The molecule has 0 spiro atoms. The quantitative estimate of drug-likeness (QED) is 0.904. The molecule has 1 aromatic rings. The molecular formula is C14H17FN2O3. The third kappa shape index (κ3) is 3.26. The summed E-state index contributed by atoms with van der Waals surface area (Å²) >= 11 is 0. The van der Waals surface area contributed by atoms with E-state index in [1.165, 1.54) is 19.2 Å². The summed E-state index contributed by atoms with van der Waals surface area (Å²) in [5, 5.41) is 2.59. The molecule has 0 bridgehead atoms. The molecule has 2 rings (SSSR count). The van der Waals surface area contributed by atoms with Crippen LogP contribution in [0.2, 0.25) is 0 Å². The van der Waals surface area contributed by atoms with Gasteiger partial charge in [-0.05, 0) is 25.0 Å². The number of anilines is 1. The van der Waals surface area contributed by atoms with E-state index >= 15 is 0 Å². The lowest BCUT2D eigenvalue weighted by Crippen LogP contribution is -2.41. The maximum atomic E-state index is 13.4. The van der Waals surface area contributed by atoms with Crippen LogP contribution in [0.1, 0.15) is 12.8 Å². The Morgan fingerprint density at radius 3 is 2.55 bits per heavy atom. The number of piperidine rings is 1. The van der Waals surface area contributed by atoms with E-state index in [0.717, 1.165) is 0 Å². The number of amides is 2. The van der Waals surface area contributed by atoms with Crippen molar-refractivity contribution in [2.75, 3.05) is 25.5 Å². The predicted molar refractivity (Wildman–Crippen MR) is 71.7 cm³/mol. The minimum atomic E-state index is -0.451. The largest absolute Gasteiger partial charge is 0.453 e. The number of ether oxygens (including phenoxy) is 1. The average Bonchev–Trinajstić information content (AvgIpc) is 2.49. The standard InChI is InChI=1S/C14H17FN2O3/c1-20-14(19)17-8-6-10(7-9-17)13(18)16-12-5-3-2-4-11(12)15/h2-5,10H,6-9H2,1H3,(H,16,18). The van der Waals surface area contributed by atoms with Crippen molar-refractivity contribution >= 4 is 17.7 Å². The molecule has 0 aliphatic carbocycles. The summed E-state index contributed by atoms with van der Waals surface area (Å²) in [4.78, 5) is 24.9. The number of likely N-dealkylation sites (tertiary alicyclic amines) is 1. The topological polar surface area (TPSA) is 58.6 Å². The van der Waals surface area contributed by atoms with Crippen molar-refractivity contribution in [2.24, 2.45) is 5.92 Å². The highest BCUT2D eigenvalue weighted by Crippen LogP contribution is 2.21. The second-order valence-corrected chi connectivity index (χ2v) is 4.70. The smallest absolute Gasteiger partial charge is 0.409 e. The summed E-state index contributed by atoms with van der Waals surface area (Å²) < 4.78 is 18.1. The summed E-state index contributed by atoms with van der Waals surface area (Å²) in [6.45, 7) is 0.948. The van der Waals surface area contributed by atoms with E-state index in [1.807, 2.05) is 0 Å². The number of nitrogens with one attached hydrogen (secondary N) is 1. The SMILES string of the molecule is COC(=O)N1CCC(C(=O)Nc2ccccc2F)CC1. The highest BCUT2D eigenvalue weighted by Gasteiger charge is 2.27. The summed E-state index contributed by atoms with van der Waals surface area (Å²) in [5.74, 6) is -0.872. The Labute approximate surface area is 116 Å². The number of carbonyl (C=O) groups excluding carboxylic acids is 2. The van der Waals surface area contributed by atoms with Crippen LogP contribution >= 0.6 is 0 Å². The molecule has 1 fully saturated rings. The Morgan fingerprint density at radius 1 is 1.30 bits per heavy atom. The van der Waals surface area contributed by atoms with Crippen LogP contribution in [0.5, 0.6) is 0 Å². The Hall–Kier alpha value is -2.11. The number of para-hydroxylation sites is 1. The molecule has 0 saturated carbocycles. The van der Waals surface area contributed by atoms with Crippen molar-refractivity contribution in [3.05, 3.63) is 30.1 Å². The Morgan fingerprint density at radius 2 is 1.95 bits per heavy atom. The van der Waals surface area contributed by atoms with Crippen molar-refractivity contribution in [1.29, 1.82) is 0 Å². The van der Waals surface area contributed by atoms with E-state index in [2.05, 4.69) is 10.1 Å². The Bertz CT molecular complexity index is 499. The van der Waals surface area contributed by atoms with Gasteiger partial charge in [-0.2, -0.15) is 0 Å². The molecule has 1 aromatic carbocycles. The lowest BCUT2D eigenvalue weighted by Gasteiger charge is -2.30. The van der Waals surface area contributed by atoms with E-state index in [9.17, 15) is 14.0 Å². The maximum absolute atomic E-state index is 13.4. The monoisotopic (exact) mass is 280 g/mol. The summed E-state index contributed by atoms with van der Waals surface area (Å²) in [7, 11) is 1.33. The van der Waals surface area contributed by atoms with E-state index in [0.29, 0.717) is 25.9 Å². The van der Waals surface area contributed by atoms with Gasteiger partial charge < -0.3 is 15.0 Å². The van der Waals surface area contributed by atoms with Gasteiger partial charge in [-0.15, -0.1) is 0 Å². The fraction of sp³-hybridized carbons (Fsp3) is 0.429. The third-order valence-corrected chi connectivity index (χ3v) is 3.43. The van der Waals surface area contributed by atoms with Crippen LogP contribution < -0.4 is 5.32 Å². The second-order valence-electron chi connectivity index (χ2n) is 4.70. The fourth-order valence-corrected chi connectivity index (χ4v) is 2.25. The first-order chi connectivity index (χ1) is 9.61. The summed E-state index contributed by atoms with van der Waals surface area (Å²) in [6.07, 6.45) is 0.725. The van der Waals surface area contributed by atoms with Crippen molar-refractivity contribution in [3.63, 3.8) is 0 Å². The van der Waals surface area contributed by atoms with Crippen molar-refractivity contribution in [2.45, 2.75) is 12.8 Å². The van der Waals surface area contributed by atoms with Gasteiger partial charge in [-0.3, -0.25) is 4.79 Å². The first-order valence-corrected chi connectivity index (χ1v) is 6.50. The van der Waals surface area contributed by atoms with Crippen LogP contribution in [0.15, 0.2) is 24.3 Å². The van der Waals surface area contributed by atoms with Gasteiger partial charge in [0.05, 0.1) is 12.8 Å². The Balaban J connectivity index is 1.89. The van der Waals surface area contributed by atoms with E-state index in [-0.39, 0.29) is 23.6 Å². The van der Waals surface area contributed by atoms with Crippen LogP contribution in [0, 0.1) is 11.7 Å². The van der Waals surface area contributed by atoms with Crippen LogP contribution in [0.4, 0.5) is 14.9 Å². The van der Waals surface area contributed by atoms with Gasteiger partial charge >= 0.3 is 6.09 Å². The van der Waals surface area contributed by atoms with Crippen molar-refractivity contribution in [1.82, 2.24) is 4.90 Å². The summed E-state index contributed by atoms with van der Waals surface area (Å²) in [5.41, 5.74) is 0.188. The number of hydrogen-bond donors (Lipinski definition) is 1. The molecule has 1 aliphatic rings. The molecule has 0 aromatic heterocycles. The number of methoxy groups -OCH3 is 1. The molecule has 20 heavy (non-hydrogen) atoms. The minimum absolute atomic E-state index is 0.188. The van der Waals surface area contributed by atoms with Gasteiger partial charge in [-0.25, -0.2) is 9.18 Å². The second kappa shape index (κ2) is 6.36. The van der Waals surface area contributed by atoms with Crippen LogP contribution in [0.25, 0.3) is 0 Å². The molecule has 1 aliphatic heterocycles. The Kier molecular flexibility index (Phi) is 4.55. The number of carbonyl (C=O) groups is 2. The number of nitrogens with zero attached hydrogens (tertiary/aromatic N) is 1. The molecule has 1 heterocycles. The zero-order chi connectivity index (χ0) is 14.5. The molecule has 0 unspecified atom stereocenters. The van der Waals surface area contributed by atoms with Crippen LogP contribution in [-0.4, -0.2) is 37.1 Å². The minimum Gasteiger partial charge on any atom is -0.453 e. The molecule has 1 saturated heterocycles. The van der Waals surface area contributed by atoms with Gasteiger partial charge in [0.2, 0.25) is 5.91 Å². The highest BCUT2D eigenvalue weighted by molar-refractivity contribution is 5.92. The molecular weight excluding hydrogens is 263 g/mol. The molecule has 2 amide bonds. The molecule has 1 N–H and O–H groups in total. The van der Waals surface area contributed by atoms with E-state index < -0.39 is 5.82 Å². The first-order valence-electron chi connectivity index (χ1n) is 6.50. The first kappa shape index (κ1) is 14.3. The number of rotatable bonds is 2. The molecule has 108 valence electrons. The van der Waals surface area contributed by atoms with Crippen molar-refractivity contribution < 1.29 is 18.7 Å². The number of halogens is 1. The van der Waals surface area contributed by atoms with Gasteiger partial charge in [0.15, 0.2) is 0 Å². The molecule has 6 heteroatoms. The lowest BCUT2D eigenvalue weighted by atomic mass is 9.96. The van der Waals surface area contributed by atoms with Gasteiger partial charge in [0, 0.05) is 19.0 Å². The van der Waals surface area contributed by atoms with Gasteiger partial charge in [0.1, 0.15) is 5.82 Å². The molecule has 0 radical (unpaired) electrons. The highest BCUT2D eigenvalue weighted by atomic mass is 19.1. The van der Waals surface area contributed by atoms with Crippen LogP contribution in [-0.2, 0) is 9.53 Å². The molecule has 0 atom stereocenters. The number of benzene rings is 1. The summed E-state index contributed by atoms with van der Waals surface area (Å²) in [6, 6.07) is 6.06. The average molecular weight is 280 g/mol. The fourth-order valence-electron chi connectivity index (χ4n) is 2.25. The van der Waals surface area contributed by atoms with E-state index in [1.54, 1.807) is 17.0 Å². The predicted octanol–water partition coefficient (Wildman–Crippen LogP) is 2.24. The van der Waals surface area contributed by atoms with Gasteiger partial charge in [0.25, 0.3) is 0 Å². The third-order valence-electron chi connectivity index (χ3n) is 3.43. The lowest BCUT2D eigenvalue weighted by molar-refractivity contribution is -0.121. The van der Waals surface area contributed by atoms with E-state index in [4.69, 9.17) is 0 Å². The van der Waals surface area contributed by atoms with Crippen molar-refractivity contribution in [3.8, 4) is 0 Å². The number of hydrogen-bond acceptors (Lipinski definition) is 3. The zero-order valence-corrected chi connectivity index (χ0v) is 11.3. The van der Waals surface area contributed by atoms with Gasteiger partial charge in [-0.1, -0.05) is 12.1 Å².